The van der Waals surface area contributed by atoms with Gasteiger partial charge in [0.2, 0.25) is 0 Å². The molecule has 0 aliphatic carbocycles. The zero-order valence-corrected chi connectivity index (χ0v) is 17.7. The molecule has 1 aromatic heterocycles. The molecule has 0 radical (unpaired) electrons. The van der Waals surface area contributed by atoms with Crippen molar-refractivity contribution in [2.45, 2.75) is 13.3 Å². The summed E-state index contributed by atoms with van der Waals surface area (Å²) in [4.78, 5) is 24.6. The molecule has 29 heavy (non-hydrogen) atoms. The van der Waals surface area contributed by atoms with Crippen LogP contribution in [0.25, 0.3) is 0 Å². The first-order chi connectivity index (χ1) is 14.0. The van der Waals surface area contributed by atoms with Gasteiger partial charge in [-0.1, -0.05) is 30.3 Å². The molecule has 0 bridgehead atoms. The molecule has 0 saturated heterocycles. The second-order valence-corrected chi connectivity index (χ2v) is 7.87. The number of benzene rings is 2. The molecule has 5 nitrogen and oxygen atoms in total. The molecule has 2 aromatic carbocycles. The van der Waals surface area contributed by atoms with Crippen LogP contribution in [0.1, 0.15) is 38.1 Å². The largest absolute Gasteiger partial charge is 0.465 e. The average molecular weight is 425 g/mol. The van der Waals surface area contributed by atoms with Gasteiger partial charge in [0.1, 0.15) is 5.00 Å². The molecule has 1 heterocycles. The maximum Gasteiger partial charge on any atom is 0.340 e. The van der Waals surface area contributed by atoms with Crippen LogP contribution in [0.4, 0.5) is 10.7 Å². The van der Waals surface area contributed by atoms with E-state index in [9.17, 15) is 9.59 Å². The third-order valence-corrected chi connectivity index (χ3v) is 5.44. The summed E-state index contributed by atoms with van der Waals surface area (Å²) < 4.78 is 4.91. The van der Waals surface area contributed by atoms with Crippen molar-refractivity contribution < 1.29 is 14.3 Å². The fourth-order valence-corrected chi connectivity index (χ4v) is 4.10. The van der Waals surface area contributed by atoms with E-state index in [2.05, 4.69) is 10.6 Å². The fourth-order valence-electron chi connectivity index (χ4n) is 2.73. The lowest BCUT2D eigenvalue weighted by molar-refractivity contribution is 0.0602. The average Bonchev–Trinajstić information content (AvgIpc) is 3.10. The van der Waals surface area contributed by atoms with E-state index in [4.69, 9.17) is 17.0 Å². The SMILES string of the molecule is COC(=O)c1cc(Cc2ccccc2)sc1NC(=S)Nc1ccc(C(C)=O)cc1. The number of hydrogen-bond donors (Lipinski definition) is 2. The number of anilines is 2. The lowest BCUT2D eigenvalue weighted by Gasteiger charge is -2.10. The van der Waals surface area contributed by atoms with Crippen LogP contribution in [0.5, 0.6) is 0 Å². The Morgan fingerprint density at radius 2 is 1.72 bits per heavy atom. The number of thiocarbonyl (C=S) groups is 1. The molecule has 0 aliphatic heterocycles. The first-order valence-electron chi connectivity index (χ1n) is 8.90. The summed E-state index contributed by atoms with van der Waals surface area (Å²) >= 11 is 6.85. The van der Waals surface area contributed by atoms with Crippen molar-refractivity contribution >= 4 is 51.1 Å². The van der Waals surface area contributed by atoms with E-state index in [-0.39, 0.29) is 5.78 Å². The van der Waals surface area contributed by atoms with E-state index in [1.165, 1.54) is 25.4 Å². The minimum atomic E-state index is -0.420. The molecular formula is C22H20N2O3S2. The number of hydrogen-bond acceptors (Lipinski definition) is 5. The normalized spacial score (nSPS) is 10.3. The highest BCUT2D eigenvalue weighted by atomic mass is 32.1. The molecule has 0 fully saturated rings. The number of ketones is 1. The van der Waals surface area contributed by atoms with Gasteiger partial charge in [0.15, 0.2) is 10.9 Å². The van der Waals surface area contributed by atoms with Crippen LogP contribution >= 0.6 is 23.6 Å². The van der Waals surface area contributed by atoms with Crippen molar-refractivity contribution in [2.75, 3.05) is 17.7 Å². The summed E-state index contributed by atoms with van der Waals surface area (Å²) in [6.07, 6.45) is 0.712. The van der Waals surface area contributed by atoms with Gasteiger partial charge in [-0.05, 0) is 55.0 Å². The van der Waals surface area contributed by atoms with Gasteiger partial charge in [0.25, 0.3) is 0 Å². The number of nitrogens with one attached hydrogen (secondary N) is 2. The summed E-state index contributed by atoms with van der Waals surface area (Å²) in [6, 6.07) is 18.9. The monoisotopic (exact) mass is 424 g/mol. The second-order valence-electron chi connectivity index (χ2n) is 6.32. The molecule has 0 saturated carbocycles. The summed E-state index contributed by atoms with van der Waals surface area (Å²) in [7, 11) is 1.35. The Morgan fingerprint density at radius 3 is 2.34 bits per heavy atom. The van der Waals surface area contributed by atoms with Crippen molar-refractivity contribution in [1.82, 2.24) is 0 Å². The Balaban J connectivity index is 1.74. The van der Waals surface area contributed by atoms with Crippen molar-refractivity contribution in [3.05, 3.63) is 82.2 Å². The lowest BCUT2D eigenvalue weighted by atomic mass is 10.1. The minimum absolute atomic E-state index is 0.00417. The second kappa shape index (κ2) is 9.45. The fraction of sp³-hybridized carbons (Fsp3) is 0.136. The van der Waals surface area contributed by atoms with Gasteiger partial charge in [0.05, 0.1) is 12.7 Å². The number of carbonyl (C=O) groups is 2. The molecule has 3 aromatic rings. The molecule has 0 amide bonds. The van der Waals surface area contributed by atoms with Crippen LogP contribution < -0.4 is 10.6 Å². The molecule has 0 aliphatic rings. The highest BCUT2D eigenvalue weighted by molar-refractivity contribution is 7.80. The number of rotatable bonds is 6. The zero-order valence-electron chi connectivity index (χ0n) is 16.0. The van der Waals surface area contributed by atoms with Crippen LogP contribution in [0.2, 0.25) is 0 Å². The Labute approximate surface area is 178 Å². The molecule has 0 spiro atoms. The summed E-state index contributed by atoms with van der Waals surface area (Å²) in [5.41, 5.74) is 2.97. The van der Waals surface area contributed by atoms with E-state index < -0.39 is 5.97 Å². The molecule has 3 rings (SSSR count). The smallest absolute Gasteiger partial charge is 0.340 e. The molecular weight excluding hydrogens is 404 g/mol. The van der Waals surface area contributed by atoms with Crippen LogP contribution in [0.3, 0.4) is 0 Å². The Kier molecular flexibility index (Phi) is 6.74. The maximum atomic E-state index is 12.2. The van der Waals surface area contributed by atoms with Crippen LogP contribution in [0.15, 0.2) is 60.7 Å². The number of esters is 1. The van der Waals surface area contributed by atoms with E-state index >= 15 is 0 Å². The van der Waals surface area contributed by atoms with Crippen molar-refractivity contribution in [3.8, 4) is 0 Å². The van der Waals surface area contributed by atoms with Crippen molar-refractivity contribution in [1.29, 1.82) is 0 Å². The van der Waals surface area contributed by atoms with Crippen LogP contribution in [-0.4, -0.2) is 24.0 Å². The zero-order chi connectivity index (χ0) is 20.8. The predicted molar refractivity (Wildman–Crippen MR) is 121 cm³/mol. The Bertz CT molecular complexity index is 1030. The van der Waals surface area contributed by atoms with E-state index in [0.29, 0.717) is 27.7 Å². The standard InChI is InChI=1S/C22H20N2O3S2/c1-14(25)16-8-10-17(11-9-16)23-22(28)24-20-19(21(26)27-2)13-18(29-20)12-15-6-4-3-5-7-15/h3-11,13H,12H2,1-2H3,(H2,23,24,28). The highest BCUT2D eigenvalue weighted by Gasteiger charge is 2.18. The molecule has 2 N–H and O–H groups in total. The summed E-state index contributed by atoms with van der Waals surface area (Å²) in [5, 5.41) is 7.12. The predicted octanol–water partition coefficient (Wildman–Crippen LogP) is 5.14. The summed E-state index contributed by atoms with van der Waals surface area (Å²) in [6.45, 7) is 1.52. The van der Waals surface area contributed by atoms with Crippen LogP contribution in [-0.2, 0) is 11.2 Å². The van der Waals surface area contributed by atoms with Crippen LogP contribution in [0, 0.1) is 0 Å². The van der Waals surface area contributed by atoms with Crippen molar-refractivity contribution in [3.63, 3.8) is 0 Å². The van der Waals surface area contributed by atoms with E-state index in [0.717, 1.165) is 16.1 Å². The lowest BCUT2D eigenvalue weighted by Crippen LogP contribution is -2.19. The molecule has 0 unspecified atom stereocenters. The number of thiophene rings is 1. The molecule has 148 valence electrons. The Morgan fingerprint density at radius 1 is 1.03 bits per heavy atom. The van der Waals surface area contributed by atoms with Gasteiger partial charge in [-0.2, -0.15) is 0 Å². The van der Waals surface area contributed by atoms with E-state index in [1.54, 1.807) is 24.3 Å². The number of carbonyl (C=O) groups excluding carboxylic acids is 2. The highest BCUT2D eigenvalue weighted by Crippen LogP contribution is 2.30. The quantitative estimate of drug-likeness (QED) is 0.325. The third kappa shape index (κ3) is 5.49. The maximum absolute atomic E-state index is 12.2. The molecule has 7 heteroatoms. The van der Waals surface area contributed by atoms with Gasteiger partial charge >= 0.3 is 5.97 Å². The number of methoxy groups -OCH3 is 1. The van der Waals surface area contributed by atoms with Gasteiger partial charge in [-0.25, -0.2) is 4.79 Å². The first kappa shape index (κ1) is 20.7. The number of Topliss-reactive ketones (excluding diaryl/α,β-unsaturated/α-hetero) is 1. The van der Waals surface area contributed by atoms with Gasteiger partial charge in [-0.15, -0.1) is 11.3 Å². The third-order valence-electron chi connectivity index (χ3n) is 4.19. The Hall–Kier alpha value is -3.03. The van der Waals surface area contributed by atoms with E-state index in [1.807, 2.05) is 36.4 Å². The first-order valence-corrected chi connectivity index (χ1v) is 10.1. The topological polar surface area (TPSA) is 67.4 Å². The number of ether oxygens (including phenoxy) is 1. The molecule has 0 atom stereocenters. The van der Waals surface area contributed by atoms with Gasteiger partial charge in [0, 0.05) is 22.5 Å². The van der Waals surface area contributed by atoms with Gasteiger partial charge < -0.3 is 15.4 Å². The van der Waals surface area contributed by atoms with Crippen molar-refractivity contribution in [2.24, 2.45) is 0 Å². The summed E-state index contributed by atoms with van der Waals surface area (Å²) in [5.74, 6) is -0.416. The van der Waals surface area contributed by atoms with Gasteiger partial charge in [-0.3, -0.25) is 4.79 Å². The minimum Gasteiger partial charge on any atom is -0.465 e.